The largest absolute Gasteiger partial charge is 0.416 e. The first kappa shape index (κ1) is 18.9. The van der Waals surface area contributed by atoms with E-state index < -0.39 is 34.9 Å². The summed E-state index contributed by atoms with van der Waals surface area (Å²) in [6.07, 6.45) is -4.50. The number of nitrogens with two attached hydrogens (primary N) is 1. The first-order chi connectivity index (χ1) is 12.6. The van der Waals surface area contributed by atoms with E-state index in [9.17, 15) is 22.4 Å². The van der Waals surface area contributed by atoms with Crippen LogP contribution in [0.25, 0.3) is 0 Å². The van der Waals surface area contributed by atoms with E-state index in [1.54, 1.807) is 13.0 Å². The minimum absolute atomic E-state index is 0.0890. The normalized spacial score (nSPS) is 23.3. The number of halogens is 4. The predicted octanol–water partition coefficient (Wildman–Crippen LogP) is 3.63. The van der Waals surface area contributed by atoms with Crippen LogP contribution in [0.1, 0.15) is 29.5 Å². The van der Waals surface area contributed by atoms with Gasteiger partial charge in [-0.3, -0.25) is 9.69 Å². The first-order valence-electron chi connectivity index (χ1n) is 8.11. The summed E-state index contributed by atoms with van der Waals surface area (Å²) < 4.78 is 53.1. The molecule has 0 aromatic heterocycles. The summed E-state index contributed by atoms with van der Waals surface area (Å²) in [5, 5.41) is 0. The Hall–Kier alpha value is -2.90. The van der Waals surface area contributed by atoms with Gasteiger partial charge in [0.05, 0.1) is 11.5 Å². The zero-order valence-electron chi connectivity index (χ0n) is 14.6. The molecule has 142 valence electrons. The monoisotopic (exact) mass is 379 g/mol. The molecule has 4 nitrogen and oxygen atoms in total. The molecule has 1 aliphatic heterocycles. The van der Waals surface area contributed by atoms with Crippen molar-refractivity contribution in [3.8, 4) is 0 Å². The van der Waals surface area contributed by atoms with E-state index in [1.165, 1.54) is 37.4 Å². The van der Waals surface area contributed by atoms with Crippen LogP contribution in [0.5, 0.6) is 0 Å². The lowest BCUT2D eigenvalue weighted by Gasteiger charge is -2.41. The van der Waals surface area contributed by atoms with Gasteiger partial charge in [0, 0.05) is 12.6 Å². The van der Waals surface area contributed by atoms with Crippen LogP contribution in [0.15, 0.2) is 53.5 Å². The molecule has 0 saturated heterocycles. The molecule has 1 aliphatic rings. The quantitative estimate of drug-likeness (QED) is 0.810. The van der Waals surface area contributed by atoms with Crippen molar-refractivity contribution in [2.45, 2.75) is 24.6 Å². The second kappa shape index (κ2) is 6.37. The maximum atomic E-state index is 14.5. The van der Waals surface area contributed by atoms with Gasteiger partial charge in [-0.15, -0.1) is 0 Å². The van der Waals surface area contributed by atoms with E-state index in [2.05, 4.69) is 4.99 Å². The molecule has 0 saturated carbocycles. The molecule has 0 aliphatic carbocycles. The van der Waals surface area contributed by atoms with Gasteiger partial charge in [-0.2, -0.15) is 13.2 Å². The SMILES string of the molecule is CN1C(=O)[C@@H](c2ccc(C(F)(F)F)cc2)[C@@](C)(c2ccccc2F)N=C1N. The average Bonchev–Trinajstić information content (AvgIpc) is 2.60. The van der Waals surface area contributed by atoms with E-state index in [0.29, 0.717) is 5.56 Å². The van der Waals surface area contributed by atoms with Crippen LogP contribution in [0, 0.1) is 5.82 Å². The van der Waals surface area contributed by atoms with Crippen molar-refractivity contribution in [1.29, 1.82) is 0 Å². The van der Waals surface area contributed by atoms with Crippen LogP contribution in [-0.2, 0) is 16.5 Å². The summed E-state index contributed by atoms with van der Waals surface area (Å²) in [5.41, 5.74) is 4.03. The molecule has 0 unspecified atom stereocenters. The van der Waals surface area contributed by atoms with Gasteiger partial charge in [-0.25, -0.2) is 9.38 Å². The van der Waals surface area contributed by atoms with Crippen LogP contribution in [0.2, 0.25) is 0 Å². The molecule has 1 amide bonds. The van der Waals surface area contributed by atoms with Gasteiger partial charge in [0.2, 0.25) is 5.91 Å². The Morgan fingerprint density at radius 2 is 1.70 bits per heavy atom. The highest BCUT2D eigenvalue weighted by atomic mass is 19.4. The smallest absolute Gasteiger partial charge is 0.369 e. The molecule has 8 heteroatoms. The number of amides is 1. The number of rotatable bonds is 2. The van der Waals surface area contributed by atoms with Crippen LogP contribution >= 0.6 is 0 Å². The Kier molecular flexibility index (Phi) is 4.45. The van der Waals surface area contributed by atoms with Crippen LogP contribution in [0.4, 0.5) is 17.6 Å². The standard InChI is InChI=1S/C19H17F4N3O/c1-18(13-5-3-4-6-14(13)20)15(16(27)26(2)17(24)25-18)11-7-9-12(10-8-11)19(21,22)23/h3-10,15H,1-2H3,(H2,24,25)/t15-,18-/m1/s1. The minimum Gasteiger partial charge on any atom is -0.369 e. The fourth-order valence-corrected chi connectivity index (χ4v) is 3.34. The molecule has 2 N–H and O–H groups in total. The lowest BCUT2D eigenvalue weighted by Crippen LogP contribution is -2.52. The van der Waals surface area contributed by atoms with Gasteiger partial charge < -0.3 is 5.73 Å². The summed E-state index contributed by atoms with van der Waals surface area (Å²) >= 11 is 0. The Balaban J connectivity index is 2.18. The zero-order chi connectivity index (χ0) is 20.0. The molecule has 27 heavy (non-hydrogen) atoms. The number of likely N-dealkylation sites (N-methyl/N-ethyl adjacent to an activating group) is 1. The van der Waals surface area contributed by atoms with E-state index in [4.69, 9.17) is 5.73 Å². The van der Waals surface area contributed by atoms with E-state index in [-0.39, 0.29) is 11.5 Å². The number of nitrogens with zero attached hydrogens (tertiary/aromatic N) is 2. The lowest BCUT2D eigenvalue weighted by atomic mass is 9.74. The Morgan fingerprint density at radius 1 is 1.11 bits per heavy atom. The highest BCUT2D eigenvalue weighted by molar-refractivity contribution is 6.02. The van der Waals surface area contributed by atoms with E-state index in [0.717, 1.165) is 17.0 Å². The molecule has 0 bridgehead atoms. The fraction of sp³-hybridized carbons (Fsp3) is 0.263. The lowest BCUT2D eigenvalue weighted by molar-refractivity contribution is -0.137. The van der Waals surface area contributed by atoms with Crippen LogP contribution < -0.4 is 5.73 Å². The topological polar surface area (TPSA) is 58.7 Å². The number of carbonyl (C=O) groups is 1. The highest BCUT2D eigenvalue weighted by Gasteiger charge is 2.48. The minimum atomic E-state index is -4.50. The zero-order valence-corrected chi connectivity index (χ0v) is 14.6. The number of guanidine groups is 1. The van der Waals surface area contributed by atoms with Gasteiger partial charge in [0.1, 0.15) is 11.4 Å². The number of hydrogen-bond donors (Lipinski definition) is 1. The van der Waals surface area contributed by atoms with Crippen LogP contribution in [-0.4, -0.2) is 23.8 Å². The third kappa shape index (κ3) is 3.15. The number of hydrogen-bond acceptors (Lipinski definition) is 3. The summed E-state index contributed by atoms with van der Waals surface area (Å²) in [6, 6.07) is 10.0. The first-order valence-corrected chi connectivity index (χ1v) is 8.11. The average molecular weight is 379 g/mol. The van der Waals surface area contributed by atoms with Crippen molar-refractivity contribution in [3.05, 3.63) is 71.0 Å². The molecular formula is C19H17F4N3O. The van der Waals surface area contributed by atoms with Gasteiger partial charge in [-0.05, 0) is 30.7 Å². The Morgan fingerprint density at radius 3 is 2.26 bits per heavy atom. The number of alkyl halides is 3. The molecule has 0 fully saturated rings. The number of aliphatic imine (C=N–C) groups is 1. The molecule has 0 radical (unpaired) electrons. The van der Waals surface area contributed by atoms with Crippen molar-refractivity contribution < 1.29 is 22.4 Å². The molecule has 2 aromatic carbocycles. The summed E-state index contributed by atoms with van der Waals surface area (Å²) in [7, 11) is 1.42. The van der Waals surface area contributed by atoms with Crippen molar-refractivity contribution in [3.63, 3.8) is 0 Å². The third-order valence-electron chi connectivity index (χ3n) is 4.82. The van der Waals surface area contributed by atoms with Crippen molar-refractivity contribution in [1.82, 2.24) is 4.90 Å². The van der Waals surface area contributed by atoms with Gasteiger partial charge in [-0.1, -0.05) is 30.3 Å². The van der Waals surface area contributed by atoms with E-state index in [1.807, 2.05) is 0 Å². The van der Waals surface area contributed by atoms with Crippen molar-refractivity contribution in [2.24, 2.45) is 10.7 Å². The maximum absolute atomic E-state index is 14.5. The van der Waals surface area contributed by atoms with Crippen molar-refractivity contribution >= 4 is 11.9 Å². The third-order valence-corrected chi connectivity index (χ3v) is 4.82. The fourth-order valence-electron chi connectivity index (χ4n) is 3.34. The molecule has 1 heterocycles. The molecule has 3 rings (SSSR count). The molecule has 2 aromatic rings. The highest BCUT2D eigenvalue weighted by Crippen LogP contribution is 2.45. The second-order valence-corrected chi connectivity index (χ2v) is 6.55. The molecule has 0 spiro atoms. The Labute approximate surface area is 153 Å². The second-order valence-electron chi connectivity index (χ2n) is 6.55. The maximum Gasteiger partial charge on any atom is 0.416 e. The van der Waals surface area contributed by atoms with Crippen molar-refractivity contribution in [2.75, 3.05) is 7.05 Å². The van der Waals surface area contributed by atoms with Gasteiger partial charge >= 0.3 is 6.18 Å². The van der Waals surface area contributed by atoms with Gasteiger partial charge in [0.15, 0.2) is 5.96 Å². The molecular weight excluding hydrogens is 362 g/mol. The van der Waals surface area contributed by atoms with E-state index >= 15 is 0 Å². The summed E-state index contributed by atoms with van der Waals surface area (Å²) in [5.74, 6) is -2.18. The summed E-state index contributed by atoms with van der Waals surface area (Å²) in [4.78, 5) is 18.4. The van der Waals surface area contributed by atoms with Crippen LogP contribution in [0.3, 0.4) is 0 Å². The summed E-state index contributed by atoms with van der Waals surface area (Å²) in [6.45, 7) is 1.55. The predicted molar refractivity (Wildman–Crippen MR) is 92.3 cm³/mol. The number of benzene rings is 2. The van der Waals surface area contributed by atoms with Gasteiger partial charge in [0.25, 0.3) is 0 Å². The molecule has 2 atom stereocenters. The number of carbonyl (C=O) groups excluding carboxylic acids is 1. The Bertz CT molecular complexity index is 908.